The Labute approximate surface area is 126 Å². The molecule has 0 saturated heterocycles. The van der Waals surface area contributed by atoms with E-state index in [1.807, 2.05) is 0 Å². The van der Waals surface area contributed by atoms with Gasteiger partial charge in [0, 0.05) is 16.1 Å². The van der Waals surface area contributed by atoms with Gasteiger partial charge in [0.1, 0.15) is 5.75 Å². The van der Waals surface area contributed by atoms with Gasteiger partial charge in [-0.15, -0.1) is 0 Å². The van der Waals surface area contributed by atoms with Gasteiger partial charge < -0.3 is 10.8 Å². The topological polar surface area (TPSA) is 92.4 Å². The number of anilines is 2. The molecule has 2 rings (SSSR count). The van der Waals surface area contributed by atoms with Gasteiger partial charge in [0.25, 0.3) is 10.0 Å². The van der Waals surface area contributed by atoms with E-state index in [0.29, 0.717) is 0 Å². The largest absolute Gasteiger partial charge is 0.508 e. The normalized spacial score (nSPS) is 11.3. The molecule has 2 aromatic rings. The van der Waals surface area contributed by atoms with Crippen LogP contribution in [0, 0.1) is 0 Å². The van der Waals surface area contributed by atoms with E-state index < -0.39 is 10.0 Å². The van der Waals surface area contributed by atoms with Crippen LogP contribution in [0.3, 0.4) is 0 Å². The SMILES string of the molecule is Nc1cc(O)ccc1NS(=O)(=O)c1cc(Cl)cc(Cl)c1. The predicted octanol–water partition coefficient (Wildman–Crippen LogP) is 3.08. The van der Waals surface area contributed by atoms with Crippen LogP contribution in [0.1, 0.15) is 0 Å². The lowest BCUT2D eigenvalue weighted by Gasteiger charge is -2.11. The van der Waals surface area contributed by atoms with Crippen molar-refractivity contribution in [2.45, 2.75) is 4.90 Å². The van der Waals surface area contributed by atoms with Crippen LogP contribution in [0.2, 0.25) is 10.0 Å². The number of nitrogens with one attached hydrogen (secondary N) is 1. The van der Waals surface area contributed by atoms with Crippen molar-refractivity contribution in [1.29, 1.82) is 0 Å². The van der Waals surface area contributed by atoms with E-state index >= 15 is 0 Å². The van der Waals surface area contributed by atoms with E-state index in [0.717, 1.165) is 0 Å². The second-order valence-electron chi connectivity index (χ2n) is 3.98. The number of phenols is 1. The molecule has 4 N–H and O–H groups in total. The quantitative estimate of drug-likeness (QED) is 0.594. The summed E-state index contributed by atoms with van der Waals surface area (Å²) < 4.78 is 26.7. The van der Waals surface area contributed by atoms with Crippen LogP contribution in [-0.4, -0.2) is 13.5 Å². The number of hydrogen-bond acceptors (Lipinski definition) is 4. The van der Waals surface area contributed by atoms with Gasteiger partial charge >= 0.3 is 0 Å². The van der Waals surface area contributed by atoms with Crippen LogP contribution in [0.4, 0.5) is 11.4 Å². The zero-order chi connectivity index (χ0) is 14.9. The minimum atomic E-state index is -3.87. The zero-order valence-corrected chi connectivity index (χ0v) is 12.3. The smallest absolute Gasteiger partial charge is 0.262 e. The first kappa shape index (κ1) is 14.8. The highest BCUT2D eigenvalue weighted by molar-refractivity contribution is 7.92. The summed E-state index contributed by atoms with van der Waals surface area (Å²) in [4.78, 5) is -0.0810. The van der Waals surface area contributed by atoms with Crippen molar-refractivity contribution in [1.82, 2.24) is 0 Å². The maximum atomic E-state index is 12.2. The van der Waals surface area contributed by atoms with Gasteiger partial charge in [0.05, 0.1) is 16.3 Å². The maximum Gasteiger partial charge on any atom is 0.262 e. The van der Waals surface area contributed by atoms with E-state index in [1.165, 1.54) is 36.4 Å². The Kier molecular flexibility index (Phi) is 3.99. The van der Waals surface area contributed by atoms with E-state index in [9.17, 15) is 13.5 Å². The Morgan fingerprint density at radius 2 is 1.65 bits per heavy atom. The van der Waals surface area contributed by atoms with Crippen molar-refractivity contribution in [3.63, 3.8) is 0 Å². The third kappa shape index (κ3) is 3.27. The van der Waals surface area contributed by atoms with E-state index in [2.05, 4.69) is 4.72 Å². The first-order chi connectivity index (χ1) is 9.28. The van der Waals surface area contributed by atoms with Gasteiger partial charge in [0.2, 0.25) is 0 Å². The van der Waals surface area contributed by atoms with Crippen LogP contribution in [0.5, 0.6) is 5.75 Å². The van der Waals surface area contributed by atoms with Crippen LogP contribution >= 0.6 is 23.2 Å². The first-order valence-corrected chi connectivity index (χ1v) is 7.59. The summed E-state index contributed by atoms with van der Waals surface area (Å²) in [6, 6.07) is 7.88. The Morgan fingerprint density at radius 3 is 2.20 bits per heavy atom. The molecule has 0 atom stereocenters. The van der Waals surface area contributed by atoms with Crippen molar-refractivity contribution in [3.05, 3.63) is 46.4 Å². The van der Waals surface area contributed by atoms with Crippen LogP contribution in [0.15, 0.2) is 41.3 Å². The molecule has 0 unspecified atom stereocenters. The van der Waals surface area contributed by atoms with E-state index in [4.69, 9.17) is 28.9 Å². The van der Waals surface area contributed by atoms with Gasteiger partial charge in [-0.25, -0.2) is 8.42 Å². The average Bonchev–Trinajstić information content (AvgIpc) is 2.31. The summed E-state index contributed by atoms with van der Waals surface area (Å²) in [6.07, 6.45) is 0. The monoisotopic (exact) mass is 332 g/mol. The summed E-state index contributed by atoms with van der Waals surface area (Å²) in [5.41, 5.74) is 5.88. The molecule has 0 aliphatic carbocycles. The fourth-order valence-electron chi connectivity index (χ4n) is 1.53. The number of nitrogen functional groups attached to an aromatic ring is 1. The molecule has 8 heteroatoms. The highest BCUT2D eigenvalue weighted by Gasteiger charge is 2.17. The predicted molar refractivity (Wildman–Crippen MR) is 79.8 cm³/mol. The Morgan fingerprint density at radius 1 is 1.05 bits per heavy atom. The Balaban J connectivity index is 2.40. The van der Waals surface area contributed by atoms with E-state index in [-0.39, 0.29) is 32.1 Å². The molecule has 0 radical (unpaired) electrons. The molecule has 5 nitrogen and oxygen atoms in total. The second kappa shape index (κ2) is 5.40. The summed E-state index contributed by atoms with van der Waals surface area (Å²) in [5.74, 6) is -0.0590. The van der Waals surface area contributed by atoms with Gasteiger partial charge in [-0.3, -0.25) is 4.72 Å². The molecule has 0 spiro atoms. The molecule has 0 saturated carbocycles. The zero-order valence-electron chi connectivity index (χ0n) is 9.97. The highest BCUT2D eigenvalue weighted by atomic mass is 35.5. The summed E-state index contributed by atoms with van der Waals surface area (Å²) in [7, 11) is -3.87. The number of benzene rings is 2. The van der Waals surface area contributed by atoms with Crippen LogP contribution in [0.25, 0.3) is 0 Å². The lowest BCUT2D eigenvalue weighted by molar-refractivity contribution is 0.475. The number of nitrogens with two attached hydrogens (primary N) is 1. The maximum absolute atomic E-state index is 12.2. The fourth-order valence-corrected chi connectivity index (χ4v) is 3.34. The van der Waals surface area contributed by atoms with Crippen molar-refractivity contribution < 1.29 is 13.5 Å². The highest BCUT2D eigenvalue weighted by Crippen LogP contribution is 2.28. The minimum absolute atomic E-state index is 0.0590. The van der Waals surface area contributed by atoms with Crippen molar-refractivity contribution in [3.8, 4) is 5.75 Å². The fraction of sp³-hybridized carbons (Fsp3) is 0. The molecule has 0 aliphatic heterocycles. The third-order valence-corrected chi connectivity index (χ3v) is 4.21. The number of aromatic hydroxyl groups is 1. The van der Waals surface area contributed by atoms with Crippen LogP contribution in [-0.2, 0) is 10.0 Å². The standard InChI is InChI=1S/C12H10Cl2N2O3S/c13-7-3-8(14)5-10(4-7)20(18,19)16-12-2-1-9(17)6-11(12)15/h1-6,16-17H,15H2. The Hall–Kier alpha value is -1.63. The van der Waals surface area contributed by atoms with Gasteiger partial charge in [-0.1, -0.05) is 23.2 Å². The molecule has 0 amide bonds. The second-order valence-corrected chi connectivity index (χ2v) is 6.54. The number of sulfonamides is 1. The third-order valence-electron chi connectivity index (χ3n) is 2.43. The molecule has 0 heterocycles. The molecule has 106 valence electrons. The van der Waals surface area contributed by atoms with Crippen molar-refractivity contribution in [2.75, 3.05) is 10.5 Å². The Bertz CT molecular complexity index is 743. The lowest BCUT2D eigenvalue weighted by atomic mass is 10.2. The molecular formula is C12H10Cl2N2O3S. The van der Waals surface area contributed by atoms with Gasteiger partial charge in [-0.2, -0.15) is 0 Å². The molecule has 2 aromatic carbocycles. The first-order valence-electron chi connectivity index (χ1n) is 5.35. The van der Waals surface area contributed by atoms with Crippen LogP contribution < -0.4 is 10.5 Å². The molecule has 0 aromatic heterocycles. The molecule has 0 fully saturated rings. The van der Waals surface area contributed by atoms with Crippen molar-refractivity contribution in [2.24, 2.45) is 0 Å². The molecular weight excluding hydrogens is 323 g/mol. The molecule has 0 aliphatic rings. The minimum Gasteiger partial charge on any atom is -0.508 e. The van der Waals surface area contributed by atoms with Gasteiger partial charge in [-0.05, 0) is 30.3 Å². The molecule has 20 heavy (non-hydrogen) atoms. The summed E-state index contributed by atoms with van der Waals surface area (Å²) in [6.45, 7) is 0. The number of phenolic OH excluding ortho intramolecular Hbond substituents is 1. The summed E-state index contributed by atoms with van der Waals surface area (Å²) >= 11 is 11.6. The van der Waals surface area contributed by atoms with E-state index in [1.54, 1.807) is 0 Å². The lowest BCUT2D eigenvalue weighted by Crippen LogP contribution is -2.14. The summed E-state index contributed by atoms with van der Waals surface area (Å²) in [5, 5.41) is 9.64. The number of hydrogen-bond donors (Lipinski definition) is 3. The van der Waals surface area contributed by atoms with Gasteiger partial charge in [0.15, 0.2) is 0 Å². The number of halogens is 2. The number of rotatable bonds is 3. The average molecular weight is 333 g/mol. The van der Waals surface area contributed by atoms with Crippen molar-refractivity contribution >= 4 is 44.6 Å². The molecule has 0 bridgehead atoms.